The fourth-order valence-corrected chi connectivity index (χ4v) is 3.88. The summed E-state index contributed by atoms with van der Waals surface area (Å²) < 4.78 is 0. The zero-order valence-corrected chi connectivity index (χ0v) is 11.7. The van der Waals surface area contributed by atoms with Gasteiger partial charge in [0.1, 0.15) is 0 Å². The Morgan fingerprint density at radius 1 is 1.12 bits per heavy atom. The van der Waals surface area contributed by atoms with Crippen molar-refractivity contribution in [3.05, 3.63) is 58.3 Å². The van der Waals surface area contributed by atoms with Gasteiger partial charge in [0.05, 0.1) is 4.83 Å². The molecule has 0 bridgehead atoms. The standard InChI is InChI=1S/C14H15BrS/c1-2-12(11-7-4-3-5-8-11)14(15)13-9-6-10-16-13/h3-10,12,14H,2H2,1H3. The lowest BCUT2D eigenvalue weighted by Gasteiger charge is -2.20. The molecule has 0 saturated heterocycles. The summed E-state index contributed by atoms with van der Waals surface area (Å²) in [5, 5.41) is 2.14. The van der Waals surface area contributed by atoms with E-state index in [0.717, 1.165) is 6.42 Å². The van der Waals surface area contributed by atoms with Crippen LogP contribution < -0.4 is 0 Å². The van der Waals surface area contributed by atoms with Gasteiger partial charge in [-0.2, -0.15) is 0 Å². The number of rotatable bonds is 4. The minimum Gasteiger partial charge on any atom is -0.148 e. The van der Waals surface area contributed by atoms with Gasteiger partial charge in [-0.15, -0.1) is 11.3 Å². The molecule has 0 radical (unpaired) electrons. The van der Waals surface area contributed by atoms with Crippen LogP contribution >= 0.6 is 27.3 Å². The highest BCUT2D eigenvalue weighted by Crippen LogP contribution is 2.41. The fraction of sp³-hybridized carbons (Fsp3) is 0.286. The van der Waals surface area contributed by atoms with Gasteiger partial charge in [-0.05, 0) is 23.4 Å². The predicted octanol–water partition coefficient (Wildman–Crippen LogP) is 5.38. The summed E-state index contributed by atoms with van der Waals surface area (Å²) in [5.41, 5.74) is 1.42. The molecule has 0 saturated carbocycles. The first-order chi connectivity index (χ1) is 7.83. The van der Waals surface area contributed by atoms with Gasteiger partial charge >= 0.3 is 0 Å². The molecule has 1 aromatic heterocycles. The van der Waals surface area contributed by atoms with Crippen molar-refractivity contribution in [2.24, 2.45) is 0 Å². The van der Waals surface area contributed by atoms with Crippen LogP contribution in [0.4, 0.5) is 0 Å². The molecule has 2 atom stereocenters. The van der Waals surface area contributed by atoms with Crippen LogP contribution in [0.15, 0.2) is 47.8 Å². The van der Waals surface area contributed by atoms with Crippen molar-refractivity contribution in [1.82, 2.24) is 0 Å². The normalized spacial score (nSPS) is 14.6. The van der Waals surface area contributed by atoms with Crippen molar-refractivity contribution in [2.75, 3.05) is 0 Å². The number of hydrogen-bond acceptors (Lipinski definition) is 1. The topological polar surface area (TPSA) is 0 Å². The molecular weight excluding hydrogens is 280 g/mol. The van der Waals surface area contributed by atoms with E-state index in [0.29, 0.717) is 10.7 Å². The van der Waals surface area contributed by atoms with Crippen LogP contribution in [0.3, 0.4) is 0 Å². The number of hydrogen-bond donors (Lipinski definition) is 0. The maximum atomic E-state index is 3.84. The van der Waals surface area contributed by atoms with E-state index in [1.807, 2.05) is 11.3 Å². The SMILES string of the molecule is CCC(c1ccccc1)C(Br)c1cccs1. The Bertz CT molecular complexity index is 408. The first kappa shape index (κ1) is 11.9. The third kappa shape index (κ3) is 2.55. The van der Waals surface area contributed by atoms with Gasteiger partial charge in [-0.3, -0.25) is 0 Å². The number of halogens is 1. The third-order valence-electron chi connectivity index (χ3n) is 2.84. The summed E-state index contributed by atoms with van der Waals surface area (Å²) in [4.78, 5) is 1.84. The molecule has 0 aliphatic heterocycles. The maximum absolute atomic E-state index is 3.84. The largest absolute Gasteiger partial charge is 0.148 e. The minimum absolute atomic E-state index is 0.430. The molecule has 2 unspecified atom stereocenters. The maximum Gasteiger partial charge on any atom is 0.0557 e. The lowest BCUT2D eigenvalue weighted by atomic mass is 9.92. The Morgan fingerprint density at radius 2 is 1.88 bits per heavy atom. The van der Waals surface area contributed by atoms with E-state index in [2.05, 4.69) is 70.7 Å². The van der Waals surface area contributed by atoms with Crippen molar-refractivity contribution in [3.8, 4) is 0 Å². The highest BCUT2D eigenvalue weighted by atomic mass is 79.9. The Hall–Kier alpha value is -0.600. The summed E-state index contributed by atoms with van der Waals surface area (Å²) in [6, 6.07) is 15.1. The molecule has 1 heterocycles. The predicted molar refractivity (Wildman–Crippen MR) is 75.5 cm³/mol. The molecule has 16 heavy (non-hydrogen) atoms. The zero-order valence-electron chi connectivity index (χ0n) is 9.27. The monoisotopic (exact) mass is 294 g/mol. The van der Waals surface area contributed by atoms with Crippen LogP contribution in [0.1, 0.15) is 34.5 Å². The van der Waals surface area contributed by atoms with Crippen LogP contribution in [0.5, 0.6) is 0 Å². The van der Waals surface area contributed by atoms with E-state index in [1.54, 1.807) is 0 Å². The van der Waals surface area contributed by atoms with Crippen LogP contribution in [0.2, 0.25) is 0 Å². The highest BCUT2D eigenvalue weighted by molar-refractivity contribution is 9.09. The first-order valence-corrected chi connectivity index (χ1v) is 7.35. The summed E-state index contributed by atoms with van der Waals surface area (Å²) in [5.74, 6) is 0.555. The Labute approximate surface area is 109 Å². The van der Waals surface area contributed by atoms with Crippen molar-refractivity contribution in [2.45, 2.75) is 24.1 Å². The van der Waals surface area contributed by atoms with Gasteiger partial charge in [0.2, 0.25) is 0 Å². The first-order valence-electron chi connectivity index (χ1n) is 5.55. The van der Waals surface area contributed by atoms with Crippen molar-refractivity contribution < 1.29 is 0 Å². The lowest BCUT2D eigenvalue weighted by molar-refractivity contribution is 0.661. The molecule has 84 valence electrons. The van der Waals surface area contributed by atoms with Crippen LogP contribution in [-0.4, -0.2) is 0 Å². The lowest BCUT2D eigenvalue weighted by Crippen LogP contribution is -2.03. The molecule has 0 nitrogen and oxygen atoms in total. The molecule has 0 aliphatic carbocycles. The smallest absolute Gasteiger partial charge is 0.0557 e. The van der Waals surface area contributed by atoms with E-state index in [1.165, 1.54) is 10.4 Å². The molecule has 0 amide bonds. The molecule has 2 rings (SSSR count). The summed E-state index contributed by atoms with van der Waals surface area (Å²) in [6.07, 6.45) is 1.15. The third-order valence-corrected chi connectivity index (χ3v) is 5.23. The number of thiophene rings is 1. The molecule has 2 aromatic rings. The van der Waals surface area contributed by atoms with Gasteiger partial charge in [0, 0.05) is 10.8 Å². The van der Waals surface area contributed by atoms with Gasteiger partial charge in [-0.25, -0.2) is 0 Å². The number of benzene rings is 1. The van der Waals surface area contributed by atoms with Gasteiger partial charge in [0.25, 0.3) is 0 Å². The van der Waals surface area contributed by atoms with Crippen LogP contribution in [0, 0.1) is 0 Å². The Morgan fingerprint density at radius 3 is 2.44 bits per heavy atom. The average molecular weight is 295 g/mol. The van der Waals surface area contributed by atoms with Crippen LogP contribution in [0.25, 0.3) is 0 Å². The van der Waals surface area contributed by atoms with Gasteiger partial charge in [-0.1, -0.05) is 59.3 Å². The van der Waals surface area contributed by atoms with E-state index in [-0.39, 0.29) is 0 Å². The number of alkyl halides is 1. The molecule has 0 N–H and O–H groups in total. The van der Waals surface area contributed by atoms with Crippen molar-refractivity contribution in [3.63, 3.8) is 0 Å². The van der Waals surface area contributed by atoms with E-state index in [9.17, 15) is 0 Å². The van der Waals surface area contributed by atoms with E-state index >= 15 is 0 Å². The second-order valence-electron chi connectivity index (χ2n) is 3.84. The quantitative estimate of drug-likeness (QED) is 0.664. The average Bonchev–Trinajstić information content (AvgIpc) is 2.85. The fourth-order valence-electron chi connectivity index (χ4n) is 1.96. The van der Waals surface area contributed by atoms with Crippen molar-refractivity contribution >= 4 is 27.3 Å². The van der Waals surface area contributed by atoms with Crippen LogP contribution in [-0.2, 0) is 0 Å². The summed E-state index contributed by atoms with van der Waals surface area (Å²) in [7, 11) is 0. The Kier molecular flexibility index (Phi) is 4.19. The van der Waals surface area contributed by atoms with Gasteiger partial charge < -0.3 is 0 Å². The molecule has 0 fully saturated rings. The van der Waals surface area contributed by atoms with E-state index in [4.69, 9.17) is 0 Å². The Balaban J connectivity index is 2.23. The summed E-state index contributed by atoms with van der Waals surface area (Å²) in [6.45, 7) is 2.25. The molecule has 1 aromatic carbocycles. The zero-order chi connectivity index (χ0) is 11.4. The van der Waals surface area contributed by atoms with Crippen molar-refractivity contribution in [1.29, 1.82) is 0 Å². The molecule has 2 heteroatoms. The second-order valence-corrected chi connectivity index (χ2v) is 5.81. The molecular formula is C14H15BrS. The summed E-state index contributed by atoms with van der Waals surface area (Å²) >= 11 is 5.66. The van der Waals surface area contributed by atoms with E-state index < -0.39 is 0 Å². The second kappa shape index (κ2) is 5.65. The molecule has 0 aliphatic rings. The van der Waals surface area contributed by atoms with Gasteiger partial charge in [0.15, 0.2) is 0 Å². The molecule has 0 spiro atoms. The highest BCUT2D eigenvalue weighted by Gasteiger charge is 2.21. The minimum atomic E-state index is 0.430.